The van der Waals surface area contributed by atoms with Crippen LogP contribution in [0.25, 0.3) is 0 Å². The molecule has 2 unspecified atom stereocenters. The number of rotatable bonds is 6. The molecule has 1 aromatic rings. The molecule has 0 heterocycles. The van der Waals surface area contributed by atoms with Crippen molar-refractivity contribution in [3.05, 3.63) is 34.3 Å². The number of hydrogen-bond acceptors (Lipinski definition) is 5. The molecule has 1 aromatic carbocycles. The largest absolute Gasteiger partial charge is 0.466 e. The SMILES string of the molecule is CCOC(=O)CC(O)C(O)c1ccc(C=O)c(Cl)c1. The number of halogens is 1. The zero-order valence-electron chi connectivity index (χ0n) is 10.4. The molecule has 0 amide bonds. The Morgan fingerprint density at radius 2 is 2.16 bits per heavy atom. The summed E-state index contributed by atoms with van der Waals surface area (Å²) in [6, 6.07) is 4.28. The second-order valence-electron chi connectivity index (χ2n) is 3.92. The highest BCUT2D eigenvalue weighted by Gasteiger charge is 2.22. The molecule has 0 saturated heterocycles. The summed E-state index contributed by atoms with van der Waals surface area (Å²) in [5.41, 5.74) is 0.616. The van der Waals surface area contributed by atoms with Gasteiger partial charge in [-0.05, 0) is 24.6 Å². The number of carbonyl (C=O) groups is 2. The molecule has 0 saturated carbocycles. The third-order valence-corrected chi connectivity index (χ3v) is 2.87. The second kappa shape index (κ2) is 7.23. The first-order valence-electron chi connectivity index (χ1n) is 5.76. The summed E-state index contributed by atoms with van der Waals surface area (Å²) in [5, 5.41) is 19.8. The average Bonchev–Trinajstić information content (AvgIpc) is 2.37. The van der Waals surface area contributed by atoms with Gasteiger partial charge in [-0.3, -0.25) is 9.59 Å². The van der Waals surface area contributed by atoms with Gasteiger partial charge < -0.3 is 14.9 Å². The van der Waals surface area contributed by atoms with Crippen LogP contribution in [0, 0.1) is 0 Å². The topological polar surface area (TPSA) is 83.8 Å². The van der Waals surface area contributed by atoms with Crippen LogP contribution in [0.3, 0.4) is 0 Å². The molecule has 0 bridgehead atoms. The first-order chi connectivity index (χ1) is 8.99. The van der Waals surface area contributed by atoms with E-state index >= 15 is 0 Å². The van der Waals surface area contributed by atoms with E-state index in [0.717, 1.165) is 0 Å². The van der Waals surface area contributed by atoms with Crippen molar-refractivity contribution in [2.45, 2.75) is 25.6 Å². The van der Waals surface area contributed by atoms with Crippen LogP contribution in [-0.4, -0.2) is 35.2 Å². The summed E-state index contributed by atoms with van der Waals surface area (Å²) in [5.74, 6) is -0.593. The average molecular weight is 287 g/mol. The number of ether oxygens (including phenoxy) is 1. The van der Waals surface area contributed by atoms with E-state index in [1.165, 1.54) is 18.2 Å². The lowest BCUT2D eigenvalue weighted by molar-refractivity contribution is -0.147. The van der Waals surface area contributed by atoms with E-state index in [1.807, 2.05) is 0 Å². The standard InChI is InChI=1S/C13H15ClO5/c1-2-19-12(17)6-11(16)13(18)8-3-4-9(7-15)10(14)5-8/h3-5,7,11,13,16,18H,2,6H2,1H3. The van der Waals surface area contributed by atoms with Crippen LogP contribution < -0.4 is 0 Å². The third kappa shape index (κ3) is 4.31. The summed E-state index contributed by atoms with van der Waals surface area (Å²) in [6.07, 6.45) is -2.30. The fourth-order valence-electron chi connectivity index (χ4n) is 1.55. The summed E-state index contributed by atoms with van der Waals surface area (Å²) >= 11 is 5.82. The number of aliphatic hydroxyl groups excluding tert-OH is 2. The predicted molar refractivity (Wildman–Crippen MR) is 69.1 cm³/mol. The number of esters is 1. The van der Waals surface area contributed by atoms with Crippen LogP contribution in [-0.2, 0) is 9.53 Å². The molecule has 0 fully saturated rings. The lowest BCUT2D eigenvalue weighted by atomic mass is 10.0. The molecule has 0 aliphatic carbocycles. The van der Waals surface area contributed by atoms with Gasteiger partial charge in [0.25, 0.3) is 0 Å². The minimum Gasteiger partial charge on any atom is -0.466 e. The van der Waals surface area contributed by atoms with Gasteiger partial charge in [0.2, 0.25) is 0 Å². The molecule has 5 nitrogen and oxygen atoms in total. The quantitative estimate of drug-likeness (QED) is 0.611. The summed E-state index contributed by atoms with van der Waals surface area (Å²) in [6.45, 7) is 1.86. The third-order valence-electron chi connectivity index (χ3n) is 2.54. The van der Waals surface area contributed by atoms with Gasteiger partial charge in [-0.1, -0.05) is 17.7 Å². The van der Waals surface area contributed by atoms with E-state index in [0.29, 0.717) is 11.8 Å². The van der Waals surface area contributed by atoms with Crippen molar-refractivity contribution in [1.82, 2.24) is 0 Å². The van der Waals surface area contributed by atoms with Gasteiger partial charge in [0.05, 0.1) is 24.2 Å². The summed E-state index contributed by atoms with van der Waals surface area (Å²) < 4.78 is 4.68. The normalized spacial score (nSPS) is 13.7. The van der Waals surface area contributed by atoms with E-state index in [4.69, 9.17) is 11.6 Å². The van der Waals surface area contributed by atoms with Gasteiger partial charge in [-0.2, -0.15) is 0 Å². The van der Waals surface area contributed by atoms with Crippen molar-refractivity contribution in [2.24, 2.45) is 0 Å². The summed E-state index contributed by atoms with van der Waals surface area (Å²) in [4.78, 5) is 21.8. The van der Waals surface area contributed by atoms with Gasteiger partial charge in [0, 0.05) is 5.56 Å². The van der Waals surface area contributed by atoms with Crippen LogP contribution in [0.5, 0.6) is 0 Å². The van der Waals surface area contributed by atoms with Crippen LogP contribution in [0.15, 0.2) is 18.2 Å². The molecule has 2 N–H and O–H groups in total. The maximum absolute atomic E-state index is 11.2. The molecule has 0 aliphatic heterocycles. The fraction of sp³-hybridized carbons (Fsp3) is 0.385. The van der Waals surface area contributed by atoms with Crippen LogP contribution in [0.4, 0.5) is 0 Å². The molecule has 2 atom stereocenters. The van der Waals surface area contributed by atoms with Crippen molar-refractivity contribution < 1.29 is 24.5 Å². The van der Waals surface area contributed by atoms with Gasteiger partial charge in [-0.25, -0.2) is 0 Å². The molecular formula is C13H15ClO5. The maximum Gasteiger partial charge on any atom is 0.308 e. The van der Waals surface area contributed by atoms with Crippen LogP contribution in [0.2, 0.25) is 5.02 Å². The van der Waals surface area contributed by atoms with Gasteiger partial charge in [0.1, 0.15) is 6.10 Å². The van der Waals surface area contributed by atoms with Gasteiger partial charge in [-0.15, -0.1) is 0 Å². The van der Waals surface area contributed by atoms with E-state index in [9.17, 15) is 19.8 Å². The number of aliphatic hydroxyl groups is 2. The van der Waals surface area contributed by atoms with E-state index in [1.54, 1.807) is 6.92 Å². The molecule has 104 valence electrons. The first kappa shape index (κ1) is 15.6. The highest BCUT2D eigenvalue weighted by atomic mass is 35.5. The number of carbonyl (C=O) groups excluding carboxylic acids is 2. The number of hydrogen-bond donors (Lipinski definition) is 2. The van der Waals surface area contributed by atoms with Crippen LogP contribution in [0.1, 0.15) is 35.4 Å². The molecule has 0 spiro atoms. The fourth-order valence-corrected chi connectivity index (χ4v) is 1.78. The van der Waals surface area contributed by atoms with Gasteiger partial charge >= 0.3 is 5.97 Å². The monoisotopic (exact) mass is 286 g/mol. The maximum atomic E-state index is 11.2. The molecule has 1 rings (SSSR count). The Hall–Kier alpha value is -1.43. The zero-order chi connectivity index (χ0) is 14.4. The Labute approximate surface area is 115 Å². The Bertz CT molecular complexity index is 460. The Morgan fingerprint density at radius 3 is 2.68 bits per heavy atom. The van der Waals surface area contributed by atoms with Gasteiger partial charge in [0.15, 0.2) is 6.29 Å². The van der Waals surface area contributed by atoms with E-state index in [2.05, 4.69) is 4.74 Å². The first-order valence-corrected chi connectivity index (χ1v) is 6.13. The van der Waals surface area contributed by atoms with Crippen molar-refractivity contribution in [2.75, 3.05) is 6.61 Å². The molecular weight excluding hydrogens is 272 g/mol. The lowest BCUT2D eigenvalue weighted by Gasteiger charge is -2.17. The summed E-state index contributed by atoms with van der Waals surface area (Å²) in [7, 11) is 0. The number of aldehydes is 1. The Kier molecular flexibility index (Phi) is 5.95. The predicted octanol–water partition coefficient (Wildman–Crippen LogP) is 1.50. The molecule has 19 heavy (non-hydrogen) atoms. The minimum atomic E-state index is -1.29. The molecule has 0 aromatic heterocycles. The highest BCUT2D eigenvalue weighted by molar-refractivity contribution is 6.33. The van der Waals surface area contributed by atoms with E-state index < -0.39 is 18.2 Å². The smallest absolute Gasteiger partial charge is 0.308 e. The minimum absolute atomic E-state index is 0.176. The zero-order valence-corrected chi connectivity index (χ0v) is 11.1. The second-order valence-corrected chi connectivity index (χ2v) is 4.33. The highest BCUT2D eigenvalue weighted by Crippen LogP contribution is 2.24. The van der Waals surface area contributed by atoms with Crippen molar-refractivity contribution in [3.63, 3.8) is 0 Å². The van der Waals surface area contributed by atoms with Crippen LogP contribution >= 0.6 is 11.6 Å². The lowest BCUT2D eigenvalue weighted by Crippen LogP contribution is -2.23. The number of benzene rings is 1. The molecule has 0 aliphatic rings. The Balaban J connectivity index is 2.76. The van der Waals surface area contributed by atoms with Crippen molar-refractivity contribution in [3.8, 4) is 0 Å². The van der Waals surface area contributed by atoms with Crippen molar-refractivity contribution >= 4 is 23.9 Å². The molecule has 0 radical (unpaired) electrons. The van der Waals surface area contributed by atoms with Crippen molar-refractivity contribution in [1.29, 1.82) is 0 Å². The van der Waals surface area contributed by atoms with E-state index in [-0.39, 0.29) is 23.6 Å². The molecule has 6 heteroatoms. The Morgan fingerprint density at radius 1 is 1.47 bits per heavy atom.